The summed E-state index contributed by atoms with van der Waals surface area (Å²) in [7, 11) is 0. The van der Waals surface area contributed by atoms with Crippen molar-refractivity contribution in [3.05, 3.63) is 64.7 Å². The van der Waals surface area contributed by atoms with Gasteiger partial charge in [-0.2, -0.15) is 0 Å². The molecule has 6 nitrogen and oxygen atoms in total. The molecule has 2 N–H and O–H groups in total. The summed E-state index contributed by atoms with van der Waals surface area (Å²) in [5.74, 6) is -0.817. The van der Waals surface area contributed by atoms with Crippen LogP contribution in [0.3, 0.4) is 0 Å². The summed E-state index contributed by atoms with van der Waals surface area (Å²) in [5.41, 5.74) is 2.49. The molecular formula is C23H20ClNO5. The summed E-state index contributed by atoms with van der Waals surface area (Å²) in [6, 6.07) is 15.2. The monoisotopic (exact) mass is 425 g/mol. The van der Waals surface area contributed by atoms with Crippen LogP contribution >= 0.6 is 11.6 Å². The molecule has 0 spiro atoms. The Balaban J connectivity index is 1.86. The molecule has 1 amide bonds. The van der Waals surface area contributed by atoms with Crippen LogP contribution in [0.15, 0.2) is 48.5 Å². The average Bonchev–Trinajstić information content (AvgIpc) is 2.72. The van der Waals surface area contributed by atoms with Crippen molar-refractivity contribution in [1.82, 2.24) is 0 Å². The second kappa shape index (κ2) is 8.24. The van der Waals surface area contributed by atoms with Crippen LogP contribution in [0.2, 0.25) is 5.02 Å². The molecule has 0 radical (unpaired) electrons. The van der Waals surface area contributed by atoms with Crippen molar-refractivity contribution in [3.8, 4) is 11.5 Å². The number of anilines is 1. The standard InChI is InChI=1S/C23H20ClNO5/c1-2-29-19-9-15(17(24)11-20(19)30-12-22(27)28)16-10-21(26)25-18-8-7-13-5-3-4-6-14(13)23(16)18/h3-9,11,16H,2,10,12H2,1H3,(H,25,26)(H,27,28)/t16-/m1/s1. The van der Waals surface area contributed by atoms with Gasteiger partial charge in [-0.25, -0.2) is 4.79 Å². The first-order valence-electron chi connectivity index (χ1n) is 9.60. The number of carbonyl (C=O) groups excluding carboxylic acids is 1. The third kappa shape index (κ3) is 3.78. The van der Waals surface area contributed by atoms with E-state index in [-0.39, 0.29) is 24.0 Å². The number of carbonyl (C=O) groups is 2. The van der Waals surface area contributed by atoms with Crippen LogP contribution in [0.1, 0.15) is 30.4 Å². The van der Waals surface area contributed by atoms with Crippen molar-refractivity contribution in [1.29, 1.82) is 0 Å². The van der Waals surface area contributed by atoms with E-state index in [1.165, 1.54) is 0 Å². The highest BCUT2D eigenvalue weighted by atomic mass is 35.5. The van der Waals surface area contributed by atoms with Crippen LogP contribution in [0.25, 0.3) is 10.8 Å². The van der Waals surface area contributed by atoms with E-state index in [1.807, 2.05) is 43.3 Å². The van der Waals surface area contributed by atoms with E-state index in [2.05, 4.69) is 5.32 Å². The number of halogens is 1. The summed E-state index contributed by atoms with van der Waals surface area (Å²) in [6.07, 6.45) is 0.238. The Hall–Kier alpha value is -3.25. The number of aliphatic carboxylic acids is 1. The molecule has 154 valence electrons. The molecule has 0 bridgehead atoms. The van der Waals surface area contributed by atoms with Gasteiger partial charge in [0.05, 0.1) is 6.61 Å². The first-order valence-corrected chi connectivity index (χ1v) is 9.98. The topological polar surface area (TPSA) is 84.9 Å². The van der Waals surface area contributed by atoms with Gasteiger partial charge in [0.15, 0.2) is 18.1 Å². The van der Waals surface area contributed by atoms with Gasteiger partial charge in [-0.1, -0.05) is 41.9 Å². The van der Waals surface area contributed by atoms with Crippen LogP contribution in [-0.4, -0.2) is 30.2 Å². The lowest BCUT2D eigenvalue weighted by atomic mass is 9.82. The lowest BCUT2D eigenvalue weighted by Gasteiger charge is -2.29. The number of carboxylic acids is 1. The van der Waals surface area contributed by atoms with Gasteiger partial charge >= 0.3 is 5.97 Å². The van der Waals surface area contributed by atoms with E-state index in [4.69, 9.17) is 26.2 Å². The Morgan fingerprint density at radius 1 is 1.17 bits per heavy atom. The number of nitrogens with one attached hydrogen (secondary N) is 1. The maximum atomic E-state index is 12.4. The van der Waals surface area contributed by atoms with Gasteiger partial charge in [-0.15, -0.1) is 0 Å². The van der Waals surface area contributed by atoms with Crippen LogP contribution in [0, 0.1) is 0 Å². The summed E-state index contributed by atoms with van der Waals surface area (Å²) >= 11 is 6.60. The van der Waals surface area contributed by atoms with Crippen LogP contribution < -0.4 is 14.8 Å². The molecule has 0 fully saturated rings. The number of amides is 1. The number of hydrogen-bond donors (Lipinski definition) is 2. The second-order valence-corrected chi connectivity index (χ2v) is 7.40. The number of carboxylic acid groups (broad SMARTS) is 1. The van der Waals surface area contributed by atoms with Gasteiger partial charge in [-0.3, -0.25) is 4.79 Å². The maximum Gasteiger partial charge on any atom is 0.341 e. The van der Waals surface area contributed by atoms with Crippen molar-refractivity contribution < 1.29 is 24.2 Å². The molecule has 0 aliphatic carbocycles. The number of ether oxygens (including phenoxy) is 2. The molecule has 30 heavy (non-hydrogen) atoms. The fourth-order valence-corrected chi connectivity index (χ4v) is 4.16. The Labute approximate surface area is 178 Å². The van der Waals surface area contributed by atoms with Gasteiger partial charge < -0.3 is 19.9 Å². The van der Waals surface area contributed by atoms with Crippen molar-refractivity contribution in [2.24, 2.45) is 0 Å². The van der Waals surface area contributed by atoms with E-state index >= 15 is 0 Å². The summed E-state index contributed by atoms with van der Waals surface area (Å²) in [5, 5.41) is 14.4. The summed E-state index contributed by atoms with van der Waals surface area (Å²) in [4.78, 5) is 23.3. The van der Waals surface area contributed by atoms with Crippen molar-refractivity contribution in [2.75, 3.05) is 18.5 Å². The Kier molecular flexibility index (Phi) is 5.50. The highest BCUT2D eigenvalue weighted by Gasteiger charge is 2.30. The smallest absolute Gasteiger partial charge is 0.341 e. The Morgan fingerprint density at radius 2 is 1.93 bits per heavy atom. The minimum atomic E-state index is -1.10. The first kappa shape index (κ1) is 20.0. The molecule has 7 heteroatoms. The van der Waals surface area contributed by atoms with E-state index in [9.17, 15) is 9.59 Å². The minimum absolute atomic E-state index is 0.0944. The third-order valence-electron chi connectivity index (χ3n) is 5.07. The average molecular weight is 426 g/mol. The molecule has 0 saturated carbocycles. The molecule has 3 aromatic carbocycles. The van der Waals surface area contributed by atoms with Gasteiger partial charge in [0.2, 0.25) is 5.91 Å². The number of hydrogen-bond acceptors (Lipinski definition) is 4. The molecule has 3 aromatic rings. The normalized spacial score (nSPS) is 15.4. The quantitative estimate of drug-likeness (QED) is 0.590. The Bertz CT molecular complexity index is 1140. The van der Waals surface area contributed by atoms with Gasteiger partial charge in [-0.05, 0) is 41.0 Å². The number of fused-ring (bicyclic) bond motifs is 3. The molecule has 1 heterocycles. The van der Waals surface area contributed by atoms with Crippen molar-refractivity contribution in [3.63, 3.8) is 0 Å². The lowest BCUT2D eigenvalue weighted by molar-refractivity contribution is -0.139. The molecule has 1 aliphatic rings. The van der Waals surface area contributed by atoms with E-state index in [0.717, 1.165) is 27.6 Å². The molecule has 0 saturated heterocycles. The third-order valence-corrected chi connectivity index (χ3v) is 5.40. The van der Waals surface area contributed by atoms with E-state index in [1.54, 1.807) is 12.1 Å². The van der Waals surface area contributed by atoms with Crippen LogP contribution in [0.4, 0.5) is 5.69 Å². The zero-order valence-electron chi connectivity index (χ0n) is 16.3. The zero-order valence-corrected chi connectivity index (χ0v) is 17.0. The molecule has 0 unspecified atom stereocenters. The number of benzene rings is 3. The van der Waals surface area contributed by atoms with Gasteiger partial charge in [0.25, 0.3) is 0 Å². The second-order valence-electron chi connectivity index (χ2n) is 6.99. The fraction of sp³-hybridized carbons (Fsp3) is 0.217. The maximum absolute atomic E-state index is 12.4. The first-order chi connectivity index (χ1) is 14.5. The van der Waals surface area contributed by atoms with E-state index in [0.29, 0.717) is 17.4 Å². The predicted molar refractivity (Wildman–Crippen MR) is 115 cm³/mol. The van der Waals surface area contributed by atoms with E-state index < -0.39 is 12.6 Å². The SMILES string of the molecule is CCOc1cc([C@H]2CC(=O)Nc3ccc4ccccc4c32)c(Cl)cc1OCC(=O)O. The number of rotatable bonds is 6. The molecule has 1 aliphatic heterocycles. The highest BCUT2D eigenvalue weighted by molar-refractivity contribution is 6.31. The van der Waals surface area contributed by atoms with Crippen LogP contribution in [0.5, 0.6) is 11.5 Å². The zero-order chi connectivity index (χ0) is 21.3. The lowest BCUT2D eigenvalue weighted by Crippen LogP contribution is -2.24. The highest BCUT2D eigenvalue weighted by Crippen LogP contribution is 2.46. The summed E-state index contributed by atoms with van der Waals surface area (Å²) in [6.45, 7) is 1.69. The predicted octanol–water partition coefficient (Wildman–Crippen LogP) is 4.83. The van der Waals surface area contributed by atoms with Crippen LogP contribution in [-0.2, 0) is 9.59 Å². The summed E-state index contributed by atoms with van der Waals surface area (Å²) < 4.78 is 11.0. The molecule has 4 rings (SSSR count). The molecule has 1 atom stereocenters. The molecular weight excluding hydrogens is 406 g/mol. The Morgan fingerprint density at radius 3 is 2.70 bits per heavy atom. The fourth-order valence-electron chi connectivity index (χ4n) is 3.87. The van der Waals surface area contributed by atoms with Gasteiger partial charge in [0, 0.05) is 29.1 Å². The largest absolute Gasteiger partial charge is 0.490 e. The van der Waals surface area contributed by atoms with Gasteiger partial charge in [0.1, 0.15) is 0 Å². The minimum Gasteiger partial charge on any atom is -0.490 e. The molecule has 0 aromatic heterocycles. The van der Waals surface area contributed by atoms with Crippen molar-refractivity contribution >= 4 is 39.9 Å². The van der Waals surface area contributed by atoms with Crippen molar-refractivity contribution in [2.45, 2.75) is 19.3 Å².